The Balaban J connectivity index is 0.866. The van der Waals surface area contributed by atoms with Crippen molar-refractivity contribution in [3.05, 3.63) is 248 Å². The molecule has 2 aliphatic rings. The summed E-state index contributed by atoms with van der Waals surface area (Å²) >= 11 is 0. The van der Waals surface area contributed by atoms with Crippen LogP contribution in [0.3, 0.4) is 0 Å². The number of anilines is 9. The Bertz CT molecular complexity index is 3350. The number of fused-ring (bicyclic) bond motifs is 7. The molecule has 0 spiro atoms. The molecule has 11 aromatic rings. The number of hydrogen-bond acceptors (Lipinski definition) is 5. The molecule has 1 aromatic heterocycles. The van der Waals surface area contributed by atoms with Crippen molar-refractivity contribution < 1.29 is 9.15 Å². The van der Waals surface area contributed by atoms with Gasteiger partial charge in [-0.2, -0.15) is 0 Å². The summed E-state index contributed by atoms with van der Waals surface area (Å²) in [6.07, 6.45) is 0.930. The molecular weight excluding hydrogens is 807 g/mol. The zero-order valence-electron chi connectivity index (χ0n) is 35.9. The summed E-state index contributed by atoms with van der Waals surface area (Å²) < 4.78 is 12.8. The molecule has 3 heterocycles. The first-order valence-corrected chi connectivity index (χ1v) is 22.4. The van der Waals surface area contributed by atoms with Crippen molar-refractivity contribution in [2.24, 2.45) is 0 Å². The maximum atomic E-state index is 6.44. The van der Waals surface area contributed by atoms with Crippen LogP contribution in [0.2, 0.25) is 0 Å². The van der Waals surface area contributed by atoms with E-state index in [-0.39, 0.29) is 0 Å². The molecule has 0 atom stereocenters. The van der Waals surface area contributed by atoms with E-state index >= 15 is 0 Å². The van der Waals surface area contributed by atoms with Crippen LogP contribution in [0.1, 0.15) is 11.1 Å². The maximum Gasteiger partial charge on any atom is 0.151 e. The highest BCUT2D eigenvalue weighted by molar-refractivity contribution is 6.06. The van der Waals surface area contributed by atoms with Gasteiger partial charge in [-0.15, -0.1) is 0 Å². The molecule has 0 saturated heterocycles. The van der Waals surface area contributed by atoms with E-state index in [1.807, 2.05) is 36.4 Å². The fourth-order valence-electron chi connectivity index (χ4n) is 9.91. The maximum absolute atomic E-state index is 6.44. The normalized spacial score (nSPS) is 12.5. The van der Waals surface area contributed by atoms with E-state index in [4.69, 9.17) is 9.15 Å². The minimum Gasteiger partial charge on any atom is -0.456 e. The number of ether oxygens (including phenoxy) is 1. The summed E-state index contributed by atoms with van der Waals surface area (Å²) in [6, 6.07) is 84.2. The molecular formula is C61H41N3O2. The monoisotopic (exact) mass is 847 g/mol. The van der Waals surface area contributed by atoms with Crippen molar-refractivity contribution in [2.45, 2.75) is 6.42 Å². The van der Waals surface area contributed by atoms with E-state index in [0.717, 1.165) is 102 Å². The van der Waals surface area contributed by atoms with Crippen LogP contribution in [0.5, 0.6) is 11.5 Å². The number of benzene rings is 10. The van der Waals surface area contributed by atoms with E-state index in [1.165, 1.54) is 22.5 Å². The van der Waals surface area contributed by atoms with Gasteiger partial charge in [-0.1, -0.05) is 127 Å². The second-order valence-electron chi connectivity index (χ2n) is 17.0. The van der Waals surface area contributed by atoms with E-state index in [9.17, 15) is 0 Å². The number of nitrogens with zero attached hydrogens (tertiary/aromatic N) is 3. The second kappa shape index (κ2) is 15.5. The molecule has 2 aliphatic heterocycles. The predicted octanol–water partition coefficient (Wildman–Crippen LogP) is 17.3. The topological polar surface area (TPSA) is 32.1 Å². The molecule has 5 nitrogen and oxygen atoms in total. The Morgan fingerprint density at radius 1 is 0.333 bits per heavy atom. The largest absolute Gasteiger partial charge is 0.456 e. The molecule has 0 amide bonds. The van der Waals surface area contributed by atoms with Gasteiger partial charge in [0.2, 0.25) is 0 Å². The van der Waals surface area contributed by atoms with Crippen LogP contribution in [0.15, 0.2) is 241 Å². The van der Waals surface area contributed by atoms with Gasteiger partial charge in [0.15, 0.2) is 11.5 Å². The Morgan fingerprint density at radius 2 is 0.803 bits per heavy atom. The van der Waals surface area contributed by atoms with Gasteiger partial charge < -0.3 is 23.9 Å². The predicted molar refractivity (Wildman–Crippen MR) is 272 cm³/mol. The summed E-state index contributed by atoms with van der Waals surface area (Å²) in [5.41, 5.74) is 18.7. The Morgan fingerprint density at radius 3 is 1.39 bits per heavy atom. The lowest BCUT2D eigenvalue weighted by Crippen LogP contribution is -2.18. The number of rotatable bonds is 7. The number of hydrogen-bond donors (Lipinski definition) is 0. The molecule has 312 valence electrons. The lowest BCUT2D eigenvalue weighted by molar-refractivity contribution is 0.477. The fraction of sp³-hybridized carbons (Fsp3) is 0.0164. The highest BCUT2D eigenvalue weighted by Crippen LogP contribution is 2.51. The molecule has 66 heavy (non-hydrogen) atoms. The molecule has 5 heteroatoms. The standard InChI is InChI=1S/C61H41N3O2/c1-4-20-54-45(13-1)37-46-14-2-5-21-55(46)63(54)49-17-11-15-43(38-49)41-27-31-47(32-28-41)62(51-35-36-53-52-19-3-8-24-58(52)65-61(53)40-51)48-33-29-42(30-34-48)44-16-12-18-50(39-44)64-56-22-6-9-25-59(56)66-60-26-10-7-23-57(60)64/h1-36,38-40H,37H2. The molecule has 0 aliphatic carbocycles. The lowest BCUT2D eigenvalue weighted by atomic mass is 9.94. The third-order valence-corrected chi connectivity index (χ3v) is 13.0. The Hall–Kier alpha value is -8.80. The van der Waals surface area contributed by atoms with Crippen molar-refractivity contribution >= 4 is 73.1 Å². The number of para-hydroxylation sites is 7. The number of furan rings is 1. The van der Waals surface area contributed by atoms with Gasteiger partial charge in [-0.3, -0.25) is 0 Å². The van der Waals surface area contributed by atoms with Gasteiger partial charge >= 0.3 is 0 Å². The van der Waals surface area contributed by atoms with Crippen molar-refractivity contribution in [2.75, 3.05) is 14.7 Å². The fourth-order valence-corrected chi connectivity index (χ4v) is 9.91. The molecule has 13 rings (SSSR count). The third-order valence-electron chi connectivity index (χ3n) is 13.0. The van der Waals surface area contributed by atoms with Crippen LogP contribution in [0.4, 0.5) is 51.2 Å². The third kappa shape index (κ3) is 6.40. The average Bonchev–Trinajstić information content (AvgIpc) is 3.76. The minimum absolute atomic E-state index is 0.836. The Labute approximate surface area is 383 Å². The van der Waals surface area contributed by atoms with Crippen molar-refractivity contribution in [1.82, 2.24) is 0 Å². The summed E-state index contributed by atoms with van der Waals surface area (Å²) in [5, 5.41) is 2.22. The summed E-state index contributed by atoms with van der Waals surface area (Å²) in [6.45, 7) is 0. The summed E-state index contributed by atoms with van der Waals surface area (Å²) in [5.74, 6) is 1.67. The van der Waals surface area contributed by atoms with Crippen molar-refractivity contribution in [3.63, 3.8) is 0 Å². The Kier molecular flexibility index (Phi) is 8.84. The van der Waals surface area contributed by atoms with Crippen LogP contribution in [-0.2, 0) is 6.42 Å². The van der Waals surface area contributed by atoms with Crippen LogP contribution in [-0.4, -0.2) is 0 Å². The second-order valence-corrected chi connectivity index (χ2v) is 17.0. The molecule has 0 radical (unpaired) electrons. The highest BCUT2D eigenvalue weighted by Gasteiger charge is 2.26. The molecule has 0 unspecified atom stereocenters. The molecule has 0 fully saturated rings. The van der Waals surface area contributed by atoms with Gasteiger partial charge in [0.1, 0.15) is 11.2 Å². The minimum atomic E-state index is 0.836. The zero-order chi connectivity index (χ0) is 43.6. The first-order valence-electron chi connectivity index (χ1n) is 22.4. The van der Waals surface area contributed by atoms with E-state index in [0.29, 0.717) is 0 Å². The smallest absolute Gasteiger partial charge is 0.151 e. The van der Waals surface area contributed by atoms with E-state index in [2.05, 4.69) is 215 Å². The van der Waals surface area contributed by atoms with Gasteiger partial charge in [0.25, 0.3) is 0 Å². The van der Waals surface area contributed by atoms with Crippen LogP contribution in [0, 0.1) is 0 Å². The van der Waals surface area contributed by atoms with Crippen molar-refractivity contribution in [3.8, 4) is 33.8 Å². The summed E-state index contributed by atoms with van der Waals surface area (Å²) in [7, 11) is 0. The quantitative estimate of drug-likeness (QED) is 0.160. The first-order chi connectivity index (χ1) is 32.7. The van der Waals surface area contributed by atoms with Crippen LogP contribution in [0.25, 0.3) is 44.2 Å². The van der Waals surface area contributed by atoms with Crippen LogP contribution < -0.4 is 19.4 Å². The average molecular weight is 848 g/mol. The van der Waals surface area contributed by atoms with Gasteiger partial charge in [0, 0.05) is 63.1 Å². The van der Waals surface area contributed by atoms with Crippen LogP contribution >= 0.6 is 0 Å². The van der Waals surface area contributed by atoms with E-state index in [1.54, 1.807) is 0 Å². The molecule has 0 bridgehead atoms. The van der Waals surface area contributed by atoms with Gasteiger partial charge in [0.05, 0.1) is 11.4 Å². The van der Waals surface area contributed by atoms with Gasteiger partial charge in [-0.25, -0.2) is 0 Å². The summed E-state index contributed by atoms with van der Waals surface area (Å²) in [4.78, 5) is 7.01. The zero-order valence-corrected chi connectivity index (χ0v) is 35.9. The molecule has 10 aromatic carbocycles. The highest BCUT2D eigenvalue weighted by atomic mass is 16.5. The first kappa shape index (κ1) is 37.7. The molecule has 0 N–H and O–H groups in total. The molecule has 0 saturated carbocycles. The SMILES string of the molecule is c1cc(-c2ccc(N(c3ccc(-c4cccc(N5c6ccccc6Oc6ccccc65)c4)cc3)c3ccc4c(c3)oc3ccccc34)cc2)cc(N2c3ccccc3Cc3ccccc32)c1. The van der Waals surface area contributed by atoms with Gasteiger partial charge in [-0.05, 0) is 137 Å². The van der Waals surface area contributed by atoms with Crippen molar-refractivity contribution in [1.29, 1.82) is 0 Å². The van der Waals surface area contributed by atoms with E-state index < -0.39 is 0 Å². The lowest BCUT2D eigenvalue weighted by Gasteiger charge is -2.33.